The molecular weight excluding hydrogens is 242 g/mol. The van der Waals surface area contributed by atoms with Gasteiger partial charge in [-0.2, -0.15) is 0 Å². The van der Waals surface area contributed by atoms with E-state index in [-0.39, 0.29) is 6.03 Å². The molecule has 0 saturated carbocycles. The van der Waals surface area contributed by atoms with Crippen LogP contribution in [0.3, 0.4) is 0 Å². The van der Waals surface area contributed by atoms with Gasteiger partial charge in [-0.3, -0.25) is 0 Å². The molecule has 0 fully saturated rings. The van der Waals surface area contributed by atoms with E-state index in [0.717, 1.165) is 5.69 Å². The van der Waals surface area contributed by atoms with E-state index < -0.39 is 0 Å². The summed E-state index contributed by atoms with van der Waals surface area (Å²) in [5.41, 5.74) is 1.37. The number of amides is 2. The van der Waals surface area contributed by atoms with Crippen molar-refractivity contribution in [2.45, 2.75) is 6.92 Å². The molecule has 5 heteroatoms. The fourth-order valence-corrected chi connectivity index (χ4v) is 1.53. The van der Waals surface area contributed by atoms with Crippen LogP contribution in [-0.2, 0) is 0 Å². The first-order chi connectivity index (χ1) is 9.28. The van der Waals surface area contributed by atoms with Crippen LogP contribution in [0.1, 0.15) is 6.92 Å². The number of benzene rings is 1. The minimum Gasteiger partial charge on any atom is -0.478 e. The van der Waals surface area contributed by atoms with Gasteiger partial charge in [-0.1, -0.05) is 18.2 Å². The lowest BCUT2D eigenvalue weighted by Crippen LogP contribution is -2.19. The zero-order chi connectivity index (χ0) is 13.5. The number of rotatable bonds is 4. The summed E-state index contributed by atoms with van der Waals surface area (Å²) in [5, 5.41) is 5.45. The number of hydrogen-bond acceptors (Lipinski definition) is 3. The van der Waals surface area contributed by atoms with Crippen molar-refractivity contribution in [3.05, 3.63) is 48.7 Å². The Balaban J connectivity index is 1.97. The molecule has 1 aromatic heterocycles. The summed E-state index contributed by atoms with van der Waals surface area (Å²) in [6.07, 6.45) is 1.59. The monoisotopic (exact) mass is 257 g/mol. The summed E-state index contributed by atoms with van der Waals surface area (Å²) in [4.78, 5) is 15.8. The largest absolute Gasteiger partial charge is 0.478 e. The molecule has 5 nitrogen and oxygen atoms in total. The standard InChI is InChI=1S/C14H15N3O2/c1-2-19-13-10-12(8-9-15-13)17-14(18)16-11-6-4-3-5-7-11/h3-10H,2H2,1H3,(H2,15,16,17,18). The minimum atomic E-state index is -0.306. The fraction of sp³-hybridized carbons (Fsp3) is 0.143. The molecular formula is C14H15N3O2. The number of pyridine rings is 1. The molecule has 0 radical (unpaired) electrons. The lowest BCUT2D eigenvalue weighted by atomic mass is 10.3. The maximum atomic E-state index is 11.8. The molecule has 0 unspecified atom stereocenters. The molecule has 0 aliphatic carbocycles. The van der Waals surface area contributed by atoms with Gasteiger partial charge in [0, 0.05) is 23.6 Å². The van der Waals surface area contributed by atoms with Gasteiger partial charge in [0.15, 0.2) is 0 Å². The zero-order valence-corrected chi connectivity index (χ0v) is 10.6. The Labute approximate surface area is 111 Å². The number of nitrogens with one attached hydrogen (secondary N) is 2. The van der Waals surface area contributed by atoms with Crippen molar-refractivity contribution in [2.75, 3.05) is 17.2 Å². The molecule has 2 amide bonds. The summed E-state index contributed by atoms with van der Waals surface area (Å²) < 4.78 is 5.26. The lowest BCUT2D eigenvalue weighted by molar-refractivity contribution is 0.262. The maximum Gasteiger partial charge on any atom is 0.323 e. The van der Waals surface area contributed by atoms with Crippen LogP contribution >= 0.6 is 0 Å². The number of ether oxygens (including phenoxy) is 1. The zero-order valence-electron chi connectivity index (χ0n) is 10.6. The van der Waals surface area contributed by atoms with Crippen LogP contribution in [0.25, 0.3) is 0 Å². The van der Waals surface area contributed by atoms with Gasteiger partial charge in [0.1, 0.15) is 0 Å². The van der Waals surface area contributed by atoms with Crippen LogP contribution < -0.4 is 15.4 Å². The number of carbonyl (C=O) groups excluding carboxylic acids is 1. The number of anilines is 2. The van der Waals surface area contributed by atoms with Gasteiger partial charge < -0.3 is 15.4 Å². The Morgan fingerprint density at radius 2 is 1.89 bits per heavy atom. The Morgan fingerprint density at radius 1 is 1.16 bits per heavy atom. The van der Waals surface area contributed by atoms with Crippen LogP contribution in [0.2, 0.25) is 0 Å². The second-order valence-corrected chi connectivity index (χ2v) is 3.76. The van der Waals surface area contributed by atoms with E-state index in [0.29, 0.717) is 18.2 Å². The van der Waals surface area contributed by atoms with Crippen LogP contribution in [0.4, 0.5) is 16.2 Å². The quantitative estimate of drug-likeness (QED) is 0.884. The van der Waals surface area contributed by atoms with Crippen LogP contribution in [0, 0.1) is 0 Å². The molecule has 2 rings (SSSR count). The molecule has 0 spiro atoms. The van der Waals surface area contributed by atoms with Crippen molar-refractivity contribution in [1.29, 1.82) is 0 Å². The lowest BCUT2D eigenvalue weighted by Gasteiger charge is -2.08. The second-order valence-electron chi connectivity index (χ2n) is 3.76. The number of carbonyl (C=O) groups is 1. The number of hydrogen-bond donors (Lipinski definition) is 2. The van der Waals surface area contributed by atoms with Crippen molar-refractivity contribution in [3.63, 3.8) is 0 Å². The summed E-state index contributed by atoms with van der Waals surface area (Å²) in [7, 11) is 0. The van der Waals surface area contributed by atoms with Crippen molar-refractivity contribution < 1.29 is 9.53 Å². The summed E-state index contributed by atoms with van der Waals surface area (Å²) >= 11 is 0. The molecule has 1 aromatic carbocycles. The highest BCUT2D eigenvalue weighted by Gasteiger charge is 2.03. The van der Waals surface area contributed by atoms with Gasteiger partial charge in [0.25, 0.3) is 0 Å². The van der Waals surface area contributed by atoms with Crippen molar-refractivity contribution in [1.82, 2.24) is 4.98 Å². The number of nitrogens with zero attached hydrogens (tertiary/aromatic N) is 1. The molecule has 0 bridgehead atoms. The number of urea groups is 1. The second kappa shape index (κ2) is 6.39. The predicted molar refractivity (Wildman–Crippen MR) is 74.5 cm³/mol. The highest BCUT2D eigenvalue weighted by molar-refractivity contribution is 5.99. The maximum absolute atomic E-state index is 11.8. The topological polar surface area (TPSA) is 63.2 Å². The smallest absolute Gasteiger partial charge is 0.323 e. The average molecular weight is 257 g/mol. The Hall–Kier alpha value is -2.56. The van der Waals surface area contributed by atoms with E-state index in [1.54, 1.807) is 18.3 Å². The van der Waals surface area contributed by atoms with Crippen molar-refractivity contribution >= 4 is 17.4 Å². The van der Waals surface area contributed by atoms with Gasteiger partial charge in [0.05, 0.1) is 6.61 Å². The van der Waals surface area contributed by atoms with Gasteiger partial charge in [-0.05, 0) is 25.1 Å². The third kappa shape index (κ3) is 3.99. The third-order valence-corrected chi connectivity index (χ3v) is 2.32. The molecule has 98 valence electrons. The SMILES string of the molecule is CCOc1cc(NC(=O)Nc2ccccc2)ccn1. The van der Waals surface area contributed by atoms with Crippen molar-refractivity contribution in [2.24, 2.45) is 0 Å². The molecule has 2 N–H and O–H groups in total. The fourth-order valence-electron chi connectivity index (χ4n) is 1.53. The first-order valence-electron chi connectivity index (χ1n) is 6.00. The van der Waals surface area contributed by atoms with E-state index in [2.05, 4.69) is 15.6 Å². The summed E-state index contributed by atoms with van der Waals surface area (Å²) in [5.74, 6) is 0.486. The van der Waals surface area contributed by atoms with Crippen LogP contribution in [-0.4, -0.2) is 17.6 Å². The first kappa shape index (κ1) is 12.9. The number of para-hydroxylation sites is 1. The highest BCUT2D eigenvalue weighted by atomic mass is 16.5. The summed E-state index contributed by atoms with van der Waals surface area (Å²) in [6.45, 7) is 2.41. The molecule has 0 saturated heterocycles. The third-order valence-electron chi connectivity index (χ3n) is 2.32. The summed E-state index contributed by atoms with van der Waals surface area (Å²) in [6, 6.07) is 12.3. The van der Waals surface area contributed by atoms with E-state index in [1.165, 1.54) is 0 Å². The normalized spacial score (nSPS) is 9.74. The Kier molecular flexibility index (Phi) is 4.34. The van der Waals surface area contributed by atoms with Gasteiger partial charge in [-0.25, -0.2) is 9.78 Å². The van der Waals surface area contributed by atoms with Crippen LogP contribution in [0.15, 0.2) is 48.7 Å². The van der Waals surface area contributed by atoms with Crippen molar-refractivity contribution in [3.8, 4) is 5.88 Å². The molecule has 2 aromatic rings. The number of aromatic nitrogens is 1. The molecule has 0 aliphatic rings. The average Bonchev–Trinajstić information content (AvgIpc) is 2.40. The Bertz CT molecular complexity index is 543. The van der Waals surface area contributed by atoms with E-state index in [4.69, 9.17) is 4.74 Å². The van der Waals surface area contributed by atoms with Gasteiger partial charge in [-0.15, -0.1) is 0 Å². The predicted octanol–water partition coefficient (Wildman–Crippen LogP) is 3.12. The molecule has 0 aliphatic heterocycles. The molecule has 1 heterocycles. The highest BCUT2D eigenvalue weighted by Crippen LogP contribution is 2.14. The van der Waals surface area contributed by atoms with E-state index >= 15 is 0 Å². The molecule has 19 heavy (non-hydrogen) atoms. The first-order valence-corrected chi connectivity index (χ1v) is 6.00. The van der Waals surface area contributed by atoms with Gasteiger partial charge >= 0.3 is 6.03 Å². The van der Waals surface area contributed by atoms with E-state index in [1.807, 2.05) is 37.3 Å². The molecule has 0 atom stereocenters. The van der Waals surface area contributed by atoms with Crippen LogP contribution in [0.5, 0.6) is 5.88 Å². The Morgan fingerprint density at radius 3 is 2.63 bits per heavy atom. The van der Waals surface area contributed by atoms with Gasteiger partial charge in [0.2, 0.25) is 5.88 Å². The van der Waals surface area contributed by atoms with E-state index in [9.17, 15) is 4.79 Å². The minimum absolute atomic E-state index is 0.306.